The quantitative estimate of drug-likeness (QED) is 0.711. The fraction of sp³-hybridized carbons (Fsp3) is 0.136. The average molecular weight is 389 g/mol. The van der Waals surface area contributed by atoms with E-state index in [1.165, 1.54) is 12.3 Å². The number of aromatic nitrogens is 1. The molecule has 0 aliphatic carbocycles. The molecule has 3 aromatic rings. The van der Waals surface area contributed by atoms with Crippen LogP contribution >= 0.6 is 0 Å². The standard InChI is InChI=1S/C22H19N3O4/c1-14-2-4-16(5-3-14)24-21(26)15-8-9-23-18(12-15)22(27)25-17-6-7-19-20(13-17)29-11-10-28-19/h2-9,12-13H,10-11H2,1H3,(H,24,26)(H,25,27). The number of benzene rings is 2. The number of carbonyl (C=O) groups is 2. The highest BCUT2D eigenvalue weighted by Gasteiger charge is 2.15. The van der Waals surface area contributed by atoms with Gasteiger partial charge in [0.2, 0.25) is 0 Å². The Kier molecular flexibility index (Phi) is 5.11. The van der Waals surface area contributed by atoms with Gasteiger partial charge in [0.15, 0.2) is 11.5 Å². The lowest BCUT2D eigenvalue weighted by Gasteiger charge is -2.19. The van der Waals surface area contributed by atoms with E-state index in [-0.39, 0.29) is 11.6 Å². The molecule has 7 heteroatoms. The Bertz CT molecular complexity index is 1060. The zero-order chi connectivity index (χ0) is 20.2. The highest BCUT2D eigenvalue weighted by molar-refractivity contribution is 6.07. The maximum atomic E-state index is 12.6. The monoisotopic (exact) mass is 389 g/mol. The lowest BCUT2D eigenvalue weighted by Crippen LogP contribution is -2.18. The first-order chi connectivity index (χ1) is 14.1. The third-order valence-corrected chi connectivity index (χ3v) is 4.36. The number of aryl methyl sites for hydroxylation is 1. The number of pyridine rings is 1. The van der Waals surface area contributed by atoms with E-state index >= 15 is 0 Å². The Morgan fingerprint density at radius 2 is 1.52 bits per heavy atom. The van der Waals surface area contributed by atoms with Crippen LogP contribution in [0.15, 0.2) is 60.8 Å². The maximum Gasteiger partial charge on any atom is 0.274 e. The molecule has 0 saturated carbocycles. The SMILES string of the molecule is Cc1ccc(NC(=O)c2ccnc(C(=O)Nc3ccc4c(c3)OCCO4)c2)cc1. The highest BCUT2D eigenvalue weighted by Crippen LogP contribution is 2.32. The van der Waals surface area contributed by atoms with Crippen LogP contribution in [-0.2, 0) is 0 Å². The van der Waals surface area contributed by atoms with Gasteiger partial charge in [0, 0.05) is 29.2 Å². The summed E-state index contributed by atoms with van der Waals surface area (Å²) >= 11 is 0. The molecule has 1 aromatic heterocycles. The number of nitrogens with zero attached hydrogens (tertiary/aromatic N) is 1. The van der Waals surface area contributed by atoms with E-state index < -0.39 is 5.91 Å². The van der Waals surface area contributed by atoms with Crippen LogP contribution in [0.3, 0.4) is 0 Å². The van der Waals surface area contributed by atoms with Crippen molar-refractivity contribution in [2.75, 3.05) is 23.8 Å². The van der Waals surface area contributed by atoms with Gasteiger partial charge in [-0.05, 0) is 43.3 Å². The predicted octanol–water partition coefficient (Wildman–Crippen LogP) is 3.67. The number of ether oxygens (including phenoxy) is 2. The molecule has 2 N–H and O–H groups in total. The molecule has 0 bridgehead atoms. The van der Waals surface area contributed by atoms with E-state index in [0.29, 0.717) is 41.7 Å². The third kappa shape index (κ3) is 4.35. The van der Waals surface area contributed by atoms with E-state index in [1.54, 1.807) is 24.3 Å². The molecule has 1 aliphatic heterocycles. The lowest BCUT2D eigenvalue weighted by molar-refractivity contribution is 0.102. The van der Waals surface area contributed by atoms with Gasteiger partial charge in [0.05, 0.1) is 0 Å². The number of anilines is 2. The van der Waals surface area contributed by atoms with Crippen LogP contribution in [-0.4, -0.2) is 30.0 Å². The smallest absolute Gasteiger partial charge is 0.274 e. The topological polar surface area (TPSA) is 89.6 Å². The van der Waals surface area contributed by atoms with Crippen molar-refractivity contribution < 1.29 is 19.1 Å². The van der Waals surface area contributed by atoms with Crippen molar-refractivity contribution in [1.29, 1.82) is 0 Å². The fourth-order valence-corrected chi connectivity index (χ4v) is 2.85. The molecule has 2 amide bonds. The Labute approximate surface area is 167 Å². The molecular weight excluding hydrogens is 370 g/mol. The first-order valence-corrected chi connectivity index (χ1v) is 9.13. The number of carbonyl (C=O) groups excluding carboxylic acids is 2. The van der Waals surface area contributed by atoms with Crippen molar-refractivity contribution >= 4 is 23.2 Å². The number of hydrogen-bond donors (Lipinski definition) is 2. The summed E-state index contributed by atoms with van der Waals surface area (Å²) in [4.78, 5) is 29.1. The molecule has 0 saturated heterocycles. The molecule has 2 aromatic carbocycles. The Hall–Kier alpha value is -3.87. The minimum atomic E-state index is -0.424. The summed E-state index contributed by atoms with van der Waals surface area (Å²) in [6.07, 6.45) is 1.43. The van der Waals surface area contributed by atoms with Crippen LogP contribution < -0.4 is 20.1 Å². The van der Waals surface area contributed by atoms with Gasteiger partial charge in [-0.3, -0.25) is 14.6 Å². The van der Waals surface area contributed by atoms with Crippen LogP contribution in [0.2, 0.25) is 0 Å². The van der Waals surface area contributed by atoms with E-state index in [0.717, 1.165) is 5.56 Å². The molecule has 4 rings (SSSR count). The van der Waals surface area contributed by atoms with Crippen molar-refractivity contribution in [3.8, 4) is 11.5 Å². The number of hydrogen-bond acceptors (Lipinski definition) is 5. The van der Waals surface area contributed by atoms with Crippen LogP contribution in [0.5, 0.6) is 11.5 Å². The van der Waals surface area contributed by atoms with Crippen molar-refractivity contribution in [1.82, 2.24) is 4.98 Å². The summed E-state index contributed by atoms with van der Waals surface area (Å²) in [7, 11) is 0. The second-order valence-corrected chi connectivity index (χ2v) is 6.56. The second-order valence-electron chi connectivity index (χ2n) is 6.56. The van der Waals surface area contributed by atoms with Gasteiger partial charge in [-0.15, -0.1) is 0 Å². The lowest BCUT2D eigenvalue weighted by atomic mass is 10.2. The Morgan fingerprint density at radius 3 is 2.31 bits per heavy atom. The van der Waals surface area contributed by atoms with Gasteiger partial charge < -0.3 is 20.1 Å². The first-order valence-electron chi connectivity index (χ1n) is 9.13. The number of amides is 2. The largest absolute Gasteiger partial charge is 0.486 e. The van der Waals surface area contributed by atoms with E-state index in [1.807, 2.05) is 31.2 Å². The Morgan fingerprint density at radius 1 is 0.828 bits per heavy atom. The van der Waals surface area contributed by atoms with Crippen LogP contribution in [0.1, 0.15) is 26.4 Å². The van der Waals surface area contributed by atoms with Gasteiger partial charge >= 0.3 is 0 Å². The number of nitrogens with one attached hydrogen (secondary N) is 2. The summed E-state index contributed by atoms with van der Waals surface area (Å²) in [5.74, 6) is 0.478. The van der Waals surface area contributed by atoms with Crippen molar-refractivity contribution in [2.45, 2.75) is 6.92 Å². The van der Waals surface area contributed by atoms with Crippen LogP contribution in [0.4, 0.5) is 11.4 Å². The van der Waals surface area contributed by atoms with Crippen molar-refractivity contribution in [3.63, 3.8) is 0 Å². The Balaban J connectivity index is 1.47. The molecule has 146 valence electrons. The van der Waals surface area contributed by atoms with Crippen molar-refractivity contribution in [2.24, 2.45) is 0 Å². The van der Waals surface area contributed by atoms with Gasteiger partial charge in [-0.2, -0.15) is 0 Å². The van der Waals surface area contributed by atoms with Crippen LogP contribution in [0, 0.1) is 6.92 Å². The van der Waals surface area contributed by atoms with Gasteiger partial charge in [0.25, 0.3) is 11.8 Å². The van der Waals surface area contributed by atoms with E-state index in [9.17, 15) is 9.59 Å². The molecule has 0 spiro atoms. The van der Waals surface area contributed by atoms with E-state index in [2.05, 4.69) is 15.6 Å². The predicted molar refractivity (Wildman–Crippen MR) is 109 cm³/mol. The number of rotatable bonds is 4. The van der Waals surface area contributed by atoms with E-state index in [4.69, 9.17) is 9.47 Å². The minimum absolute atomic E-state index is 0.136. The third-order valence-electron chi connectivity index (χ3n) is 4.36. The molecule has 29 heavy (non-hydrogen) atoms. The van der Waals surface area contributed by atoms with Gasteiger partial charge in [0.1, 0.15) is 18.9 Å². The van der Waals surface area contributed by atoms with Gasteiger partial charge in [-0.1, -0.05) is 17.7 Å². The normalized spacial score (nSPS) is 12.2. The molecule has 0 radical (unpaired) electrons. The summed E-state index contributed by atoms with van der Waals surface area (Å²) in [5, 5.41) is 5.57. The molecule has 0 atom stereocenters. The van der Waals surface area contributed by atoms with Crippen molar-refractivity contribution in [3.05, 3.63) is 77.6 Å². The van der Waals surface area contributed by atoms with Gasteiger partial charge in [-0.25, -0.2) is 0 Å². The zero-order valence-electron chi connectivity index (χ0n) is 15.8. The molecule has 0 fully saturated rings. The summed E-state index contributed by atoms with van der Waals surface area (Å²) < 4.78 is 11.0. The zero-order valence-corrected chi connectivity index (χ0v) is 15.8. The molecule has 2 heterocycles. The summed E-state index contributed by atoms with van der Waals surface area (Å²) in [6.45, 7) is 2.94. The molecular formula is C22H19N3O4. The summed E-state index contributed by atoms with van der Waals surface area (Å²) in [6, 6.07) is 15.6. The summed E-state index contributed by atoms with van der Waals surface area (Å²) in [5.41, 5.74) is 2.81. The molecule has 1 aliphatic rings. The average Bonchev–Trinajstić information content (AvgIpc) is 2.75. The maximum absolute atomic E-state index is 12.6. The molecule has 0 unspecified atom stereocenters. The van der Waals surface area contributed by atoms with Crippen LogP contribution in [0.25, 0.3) is 0 Å². The fourth-order valence-electron chi connectivity index (χ4n) is 2.85. The first kappa shape index (κ1) is 18.5. The molecule has 7 nitrogen and oxygen atoms in total. The second kappa shape index (κ2) is 8.02. The highest BCUT2D eigenvalue weighted by atomic mass is 16.6. The minimum Gasteiger partial charge on any atom is -0.486 e. The number of fused-ring (bicyclic) bond motifs is 1.